The molecule has 0 aliphatic heterocycles. The summed E-state index contributed by atoms with van der Waals surface area (Å²) in [6.45, 7) is 3.66. The Balaban J connectivity index is 0.000000221. The molecule has 0 saturated carbocycles. The zero-order valence-corrected chi connectivity index (χ0v) is 8.86. The van der Waals surface area contributed by atoms with Crippen molar-refractivity contribution in [3.63, 3.8) is 0 Å². The molecule has 0 aliphatic rings. The summed E-state index contributed by atoms with van der Waals surface area (Å²) in [4.78, 5) is 6.34. The molecule has 0 unspecified atom stereocenters. The molecule has 1 aromatic carbocycles. The van der Waals surface area contributed by atoms with Crippen molar-refractivity contribution in [3.05, 3.63) is 36.7 Å². The smallest absolute Gasteiger partial charge is 0.237 e. The molecule has 7 heteroatoms. The lowest BCUT2D eigenvalue weighted by Gasteiger charge is -2.17. The molecule has 86 valence electrons. The first-order chi connectivity index (χ1) is 7.40. The monoisotopic (exact) mass is 244 g/mol. The SMILES string of the molecule is C=Cc1[nH]c2ccccc2[nH+]1.[O-][Cl+3]([O-])([O-])[O-]. The van der Waals surface area contributed by atoms with Gasteiger partial charge in [-0.05, 0) is 12.1 Å². The first-order valence-corrected chi connectivity index (χ1v) is 5.38. The number of rotatable bonds is 1. The van der Waals surface area contributed by atoms with Gasteiger partial charge in [0.2, 0.25) is 0 Å². The van der Waals surface area contributed by atoms with Gasteiger partial charge in [-0.15, -0.1) is 10.2 Å². The topological polar surface area (TPSA) is 122 Å². The van der Waals surface area contributed by atoms with E-state index in [-0.39, 0.29) is 0 Å². The van der Waals surface area contributed by atoms with Crippen LogP contribution in [0.2, 0.25) is 0 Å². The number of para-hydroxylation sites is 2. The number of aromatic amines is 2. The van der Waals surface area contributed by atoms with Gasteiger partial charge in [0.05, 0.1) is 0 Å². The van der Waals surface area contributed by atoms with Gasteiger partial charge in [0.1, 0.15) is 0 Å². The highest BCUT2D eigenvalue weighted by atomic mass is 35.7. The number of nitrogens with one attached hydrogen (secondary N) is 2. The highest BCUT2D eigenvalue weighted by molar-refractivity contribution is 5.71. The minimum Gasteiger partial charge on any atom is -0.237 e. The van der Waals surface area contributed by atoms with Gasteiger partial charge in [-0.1, -0.05) is 18.7 Å². The van der Waals surface area contributed by atoms with E-state index in [2.05, 4.69) is 16.5 Å². The fourth-order valence-corrected chi connectivity index (χ4v) is 1.12. The molecule has 2 N–H and O–H groups in total. The van der Waals surface area contributed by atoms with Gasteiger partial charge in [0.15, 0.2) is 11.0 Å². The van der Waals surface area contributed by atoms with Crippen molar-refractivity contribution in [2.75, 3.05) is 0 Å². The molecule has 2 rings (SSSR count). The van der Waals surface area contributed by atoms with Gasteiger partial charge in [0.25, 0.3) is 5.82 Å². The summed E-state index contributed by atoms with van der Waals surface area (Å²) in [6.07, 6.45) is 1.76. The highest BCUT2D eigenvalue weighted by Gasteiger charge is 2.03. The lowest BCUT2D eigenvalue weighted by Crippen LogP contribution is -2.68. The second-order valence-corrected chi connectivity index (χ2v) is 3.55. The summed E-state index contributed by atoms with van der Waals surface area (Å²) in [7, 11) is -4.94. The third-order valence-corrected chi connectivity index (χ3v) is 1.67. The van der Waals surface area contributed by atoms with Crippen LogP contribution < -0.4 is 23.6 Å². The van der Waals surface area contributed by atoms with E-state index in [0.29, 0.717) is 0 Å². The Morgan fingerprint density at radius 1 is 1.19 bits per heavy atom. The summed E-state index contributed by atoms with van der Waals surface area (Å²) < 4.78 is 34.0. The van der Waals surface area contributed by atoms with Gasteiger partial charge in [-0.3, -0.25) is 0 Å². The number of hydrogen-bond acceptors (Lipinski definition) is 4. The van der Waals surface area contributed by atoms with Gasteiger partial charge in [-0.2, -0.15) is 0 Å². The molecule has 0 atom stereocenters. The number of benzene rings is 1. The van der Waals surface area contributed by atoms with E-state index in [9.17, 15) is 0 Å². The van der Waals surface area contributed by atoms with E-state index in [1.54, 1.807) is 6.08 Å². The number of aromatic nitrogens is 2. The molecule has 0 fully saturated rings. The second-order valence-electron chi connectivity index (χ2n) is 2.79. The van der Waals surface area contributed by atoms with E-state index < -0.39 is 10.2 Å². The van der Waals surface area contributed by atoms with Crippen molar-refractivity contribution in [1.29, 1.82) is 0 Å². The summed E-state index contributed by atoms with van der Waals surface area (Å²) >= 11 is 0. The van der Waals surface area contributed by atoms with Crippen LogP contribution in [0.3, 0.4) is 0 Å². The fraction of sp³-hybridized carbons (Fsp3) is 0. The van der Waals surface area contributed by atoms with Crippen molar-refractivity contribution >= 4 is 17.1 Å². The largest absolute Gasteiger partial charge is 0.277 e. The van der Waals surface area contributed by atoms with Gasteiger partial charge in [-0.25, -0.2) is 28.6 Å². The molecule has 0 bridgehead atoms. The van der Waals surface area contributed by atoms with Gasteiger partial charge in [0, 0.05) is 6.08 Å². The first kappa shape index (κ1) is 12.6. The number of imidazole rings is 1. The van der Waals surface area contributed by atoms with E-state index in [1.807, 2.05) is 24.3 Å². The summed E-state index contributed by atoms with van der Waals surface area (Å²) in [6, 6.07) is 8.05. The van der Waals surface area contributed by atoms with Crippen LogP contribution in [0.25, 0.3) is 17.1 Å². The summed E-state index contributed by atoms with van der Waals surface area (Å²) in [5, 5.41) is 0. The molecule has 16 heavy (non-hydrogen) atoms. The Morgan fingerprint density at radius 3 is 2.25 bits per heavy atom. The Hall–Kier alpha value is -1.44. The summed E-state index contributed by atoms with van der Waals surface area (Å²) in [5.41, 5.74) is 2.23. The second kappa shape index (κ2) is 5.06. The molecular weight excluding hydrogens is 236 g/mol. The standard InChI is InChI=1S/C9H8N2.ClHO4/c1-2-9-10-7-5-3-4-6-8(7)11-9;2-1(3,4)5/h2-6H,1H2,(H,10,11);(H,2,3,4,5). The van der Waals surface area contributed by atoms with Crippen LogP contribution in [-0.2, 0) is 0 Å². The predicted octanol–water partition coefficient (Wildman–Crippen LogP) is -3.13. The number of hydrogen-bond donors (Lipinski definition) is 1. The third kappa shape index (κ3) is 4.39. The van der Waals surface area contributed by atoms with Crippen LogP contribution in [0.15, 0.2) is 30.8 Å². The lowest BCUT2D eigenvalue weighted by atomic mass is 10.3. The molecule has 0 aliphatic carbocycles. The third-order valence-electron chi connectivity index (χ3n) is 1.67. The van der Waals surface area contributed by atoms with Crippen molar-refractivity contribution in [3.8, 4) is 0 Å². The van der Waals surface area contributed by atoms with Gasteiger partial charge < -0.3 is 0 Å². The fourth-order valence-electron chi connectivity index (χ4n) is 1.12. The lowest BCUT2D eigenvalue weighted by molar-refractivity contribution is -2.00. The maximum Gasteiger partial charge on any atom is 0.277 e. The average Bonchev–Trinajstić information content (AvgIpc) is 2.57. The summed E-state index contributed by atoms with van der Waals surface area (Å²) in [5.74, 6) is 0.950. The van der Waals surface area contributed by atoms with Crippen LogP contribution >= 0.6 is 0 Å². The van der Waals surface area contributed by atoms with E-state index in [1.165, 1.54) is 0 Å². The molecule has 1 aromatic heterocycles. The number of halogens is 1. The minimum atomic E-state index is -4.94. The van der Waals surface area contributed by atoms with E-state index in [4.69, 9.17) is 18.6 Å². The van der Waals surface area contributed by atoms with Gasteiger partial charge >= 0.3 is 0 Å². The predicted molar refractivity (Wildman–Crippen MR) is 44.9 cm³/mol. The molecular formula is C9H9ClN2O4. The highest BCUT2D eigenvalue weighted by Crippen LogP contribution is 2.05. The van der Waals surface area contributed by atoms with Crippen molar-refractivity contribution in [2.45, 2.75) is 0 Å². The molecule has 0 radical (unpaired) electrons. The van der Waals surface area contributed by atoms with Crippen LogP contribution in [0.5, 0.6) is 0 Å². The first-order valence-electron chi connectivity index (χ1n) is 4.14. The number of fused-ring (bicyclic) bond motifs is 1. The van der Waals surface area contributed by atoms with Crippen molar-refractivity contribution in [1.82, 2.24) is 4.98 Å². The molecule has 0 amide bonds. The zero-order valence-electron chi connectivity index (χ0n) is 8.10. The van der Waals surface area contributed by atoms with Crippen LogP contribution in [0.4, 0.5) is 0 Å². The Kier molecular flexibility index (Phi) is 3.99. The Bertz CT molecular complexity index is 439. The molecule has 0 saturated heterocycles. The molecule has 6 nitrogen and oxygen atoms in total. The molecule has 2 aromatic rings. The maximum atomic E-state index is 8.49. The van der Waals surface area contributed by atoms with Crippen LogP contribution in [0.1, 0.15) is 5.82 Å². The van der Waals surface area contributed by atoms with Crippen molar-refractivity contribution < 1.29 is 33.9 Å². The number of H-pyrrole nitrogens is 2. The van der Waals surface area contributed by atoms with E-state index >= 15 is 0 Å². The van der Waals surface area contributed by atoms with Crippen molar-refractivity contribution in [2.24, 2.45) is 0 Å². The van der Waals surface area contributed by atoms with E-state index in [0.717, 1.165) is 16.9 Å². The maximum absolute atomic E-state index is 8.49. The molecule has 0 spiro atoms. The Morgan fingerprint density at radius 2 is 1.75 bits per heavy atom. The zero-order chi connectivity index (χ0) is 12.2. The van der Waals surface area contributed by atoms with Crippen LogP contribution in [0, 0.1) is 10.2 Å². The normalized spacial score (nSPS) is 10.8. The minimum absolute atomic E-state index is 0.950. The molecule has 1 heterocycles. The Labute approximate surface area is 93.2 Å². The quantitative estimate of drug-likeness (QED) is 0.570. The average molecular weight is 245 g/mol. The van der Waals surface area contributed by atoms with Crippen LogP contribution in [-0.4, -0.2) is 4.98 Å².